The van der Waals surface area contributed by atoms with E-state index in [0.29, 0.717) is 99.4 Å². The quantitative estimate of drug-likeness (QED) is 0.0332. The van der Waals surface area contributed by atoms with Crippen LogP contribution in [0.4, 0.5) is 20.4 Å². The van der Waals surface area contributed by atoms with Crippen LogP contribution in [0, 0.1) is 25.5 Å². The fourth-order valence-corrected chi connectivity index (χ4v) is 10.5. The number of nitrogens with two attached hydrogens (primary N) is 2. The van der Waals surface area contributed by atoms with E-state index in [1.54, 1.807) is 87.2 Å². The van der Waals surface area contributed by atoms with Gasteiger partial charge in [-0.25, -0.2) is 58.0 Å². The first-order chi connectivity index (χ1) is 46.4. The molecule has 10 aromatic rings. The summed E-state index contributed by atoms with van der Waals surface area (Å²) in [4.78, 5) is 60.7. The minimum absolute atomic E-state index is 0.0178. The lowest BCUT2D eigenvalue weighted by Crippen LogP contribution is -2.40. The van der Waals surface area contributed by atoms with E-state index < -0.39 is 16.9 Å². The highest BCUT2D eigenvalue weighted by atomic mass is 79.9. The molecule has 24 nitrogen and oxygen atoms in total. The number of halogens is 4. The zero-order chi connectivity index (χ0) is 68.1. The number of anilines is 2. The third-order valence-corrected chi connectivity index (χ3v) is 15.2. The molecule has 0 aliphatic carbocycles. The number of hydrogen-bond donors (Lipinski definition) is 4. The summed E-state index contributed by atoms with van der Waals surface area (Å²) in [5, 5.41) is 17.7. The standard InChI is InChI=1S/C34H36FN9O3.C28H27FN8O2.C4H4BrClO.C2H7N/c1-22-37-17-23(18-38-22)20-46-28-14-25(35)15-29(16-28)47-27-10-8-24(9-11-27)32-31-33(36)39-21-40-34(31)44(41-32)26-6-4-13-43(19-26)30(45)7-5-12-42(2)3;1-17-32-12-18(13-33-17)15-38-23-9-20(29)10-24(11-23)39-22-6-4-19(5-7-22)26-25-27(30)34-16-35-28(25)37(36-26)21-3-2-8-31-14-21;5-3-1-2-4(6)7;1-3-2/h5,7-11,14-18,21,26H,4,6,12-13,19-20H2,1-3H3,(H2,36,39,40);4-7,9-13,16,21,31H,2-3,8,14-15H2,1H3,(H2,30,34,35);1-2H,3H2;3H,1-2H3/b7-5+;;2-1+;/t26-;21-;;/m11../s1. The molecular formula is C68H74BrClF2N18O6. The second-order valence-electron chi connectivity index (χ2n) is 22.5. The average molecular weight is 1390 g/mol. The number of rotatable bonds is 19. The molecule has 8 heterocycles. The maximum Gasteiger partial charge on any atom is 0.246 e. The number of amides is 1. The molecular weight excluding hydrogens is 1320 g/mol. The summed E-state index contributed by atoms with van der Waals surface area (Å²) >= 11 is 7.99. The number of alkyl halides is 1. The van der Waals surface area contributed by atoms with Gasteiger partial charge in [0.1, 0.15) is 107 Å². The fraction of sp³-hybridized carbons (Fsp3) is 0.294. The van der Waals surface area contributed by atoms with Crippen LogP contribution in [0.2, 0.25) is 0 Å². The highest BCUT2D eigenvalue weighted by molar-refractivity contribution is 9.09. The van der Waals surface area contributed by atoms with E-state index in [4.69, 9.17) is 52.2 Å². The smallest absolute Gasteiger partial charge is 0.246 e. The summed E-state index contributed by atoms with van der Waals surface area (Å²) in [5.74, 6) is 3.34. The molecule has 0 radical (unpaired) electrons. The summed E-state index contributed by atoms with van der Waals surface area (Å²) in [6.45, 7) is 7.72. The van der Waals surface area contributed by atoms with Gasteiger partial charge >= 0.3 is 0 Å². The summed E-state index contributed by atoms with van der Waals surface area (Å²) < 4.78 is 56.0. The van der Waals surface area contributed by atoms with Crippen molar-refractivity contribution in [3.8, 4) is 57.0 Å². The number of likely N-dealkylation sites (N-methyl/N-ethyl adjacent to an activating group) is 1. The van der Waals surface area contributed by atoms with E-state index in [-0.39, 0.29) is 37.0 Å². The molecule has 2 saturated heterocycles. The third kappa shape index (κ3) is 19.6. The number of fused-ring (bicyclic) bond motifs is 2. The van der Waals surface area contributed by atoms with Crippen molar-refractivity contribution in [2.45, 2.75) is 64.8 Å². The molecule has 12 rings (SSSR count). The lowest BCUT2D eigenvalue weighted by Gasteiger charge is -2.32. The first-order valence-electron chi connectivity index (χ1n) is 30.7. The Kier molecular flexibility index (Phi) is 25.3. The van der Waals surface area contributed by atoms with Gasteiger partial charge in [-0.3, -0.25) is 9.59 Å². The number of benzene rings is 4. The van der Waals surface area contributed by atoms with Crippen molar-refractivity contribution in [2.24, 2.45) is 0 Å². The Hall–Kier alpha value is -9.93. The van der Waals surface area contributed by atoms with E-state index >= 15 is 0 Å². The first kappa shape index (κ1) is 70.4. The van der Waals surface area contributed by atoms with E-state index in [0.717, 1.165) is 72.1 Å². The van der Waals surface area contributed by atoms with Crippen molar-refractivity contribution >= 4 is 72.4 Å². The maximum atomic E-state index is 14.4. The predicted octanol–water partition coefficient (Wildman–Crippen LogP) is 11.1. The second-order valence-corrected chi connectivity index (χ2v) is 23.5. The maximum absolute atomic E-state index is 14.4. The number of piperidine rings is 2. The molecule has 2 atom stereocenters. The molecule has 2 fully saturated rings. The van der Waals surface area contributed by atoms with Crippen LogP contribution in [0.25, 0.3) is 44.6 Å². The van der Waals surface area contributed by atoms with Crippen molar-refractivity contribution in [3.63, 3.8) is 0 Å². The minimum atomic E-state index is -0.491. The van der Waals surface area contributed by atoms with E-state index in [1.807, 2.05) is 77.7 Å². The van der Waals surface area contributed by atoms with Crippen LogP contribution in [0.1, 0.15) is 60.5 Å². The number of aromatic nitrogens is 12. The number of hydrogen-bond acceptors (Lipinski definition) is 21. The molecule has 2 aliphatic rings. The van der Waals surface area contributed by atoms with Crippen LogP contribution in [-0.4, -0.2) is 147 Å². The number of nitrogen functional groups attached to an aromatic ring is 2. The lowest BCUT2D eigenvalue weighted by molar-refractivity contribution is -0.127. The Balaban J connectivity index is 0.000000200. The number of carbonyl (C=O) groups is 2. The molecule has 500 valence electrons. The summed E-state index contributed by atoms with van der Waals surface area (Å²) in [6.07, 6.45) is 19.8. The highest BCUT2D eigenvalue weighted by Crippen LogP contribution is 2.38. The Morgan fingerprint density at radius 3 is 1.56 bits per heavy atom. The normalized spacial score (nSPS) is 14.6. The number of nitrogens with zero attached hydrogens (tertiary/aromatic N) is 14. The predicted molar refractivity (Wildman–Crippen MR) is 368 cm³/mol. The second kappa shape index (κ2) is 34.5. The molecule has 4 aromatic carbocycles. The lowest BCUT2D eigenvalue weighted by atomic mass is 10.1. The zero-order valence-corrected chi connectivity index (χ0v) is 56.2. The van der Waals surface area contributed by atoms with E-state index in [1.165, 1.54) is 43.0 Å². The summed E-state index contributed by atoms with van der Waals surface area (Å²) in [5.41, 5.74) is 18.5. The number of carbonyl (C=O) groups excluding carboxylic acids is 2. The van der Waals surface area contributed by atoms with Crippen LogP contribution in [0.15, 0.2) is 147 Å². The molecule has 0 bridgehead atoms. The van der Waals surface area contributed by atoms with Gasteiger partial charge in [0.05, 0.1) is 22.9 Å². The molecule has 0 saturated carbocycles. The highest BCUT2D eigenvalue weighted by Gasteiger charge is 2.29. The van der Waals surface area contributed by atoms with Crippen molar-refractivity contribution < 1.29 is 37.3 Å². The van der Waals surface area contributed by atoms with E-state index in [2.05, 4.69) is 66.4 Å². The van der Waals surface area contributed by atoms with Gasteiger partial charge < -0.3 is 50.8 Å². The monoisotopic (exact) mass is 1390 g/mol. The zero-order valence-electron chi connectivity index (χ0n) is 53.9. The van der Waals surface area contributed by atoms with Crippen molar-refractivity contribution in [2.75, 3.05) is 77.7 Å². The number of ether oxygens (including phenoxy) is 4. The molecule has 2 aliphatic heterocycles. The first-order valence-corrected chi connectivity index (χ1v) is 32.2. The SMILES string of the molecule is CNC.Cc1ncc(COc2cc(F)cc(Oc3ccc(-c4nn([C@@H]5CCCN(C(=O)/C=C/CN(C)C)C5)c5ncnc(N)c45)cc3)c2)cn1.Cc1ncc(COc2cc(F)cc(Oc3ccc(-c4nn([C@@H]5CCCNC5)c5ncnc(N)c45)cc3)c2)cn1.O=C(Cl)/C=C/CBr. The molecule has 0 spiro atoms. The van der Waals surface area contributed by atoms with Crippen LogP contribution in [0.5, 0.6) is 34.5 Å². The number of allylic oxidation sites excluding steroid dienone is 2. The Labute approximate surface area is 567 Å². The third-order valence-electron chi connectivity index (χ3n) is 14.7. The molecule has 0 unspecified atom stereocenters. The minimum Gasteiger partial charge on any atom is -0.489 e. The van der Waals surface area contributed by atoms with Crippen molar-refractivity contribution in [3.05, 3.63) is 181 Å². The number of aryl methyl sites for hydroxylation is 2. The molecule has 28 heteroatoms. The van der Waals surface area contributed by atoms with Crippen molar-refractivity contribution in [1.29, 1.82) is 0 Å². The van der Waals surface area contributed by atoms with Gasteiger partial charge in [-0.05, 0) is 140 Å². The average Bonchev–Trinajstić information content (AvgIpc) is 1.62. The van der Waals surface area contributed by atoms with Gasteiger partial charge in [-0.2, -0.15) is 10.2 Å². The number of likely N-dealkylation sites (tertiary alicyclic amines) is 1. The van der Waals surface area contributed by atoms with Crippen LogP contribution >= 0.6 is 27.5 Å². The fourth-order valence-electron chi connectivity index (χ4n) is 10.2. The largest absolute Gasteiger partial charge is 0.489 e. The molecule has 96 heavy (non-hydrogen) atoms. The molecule has 6 N–H and O–H groups in total. The van der Waals surface area contributed by atoms with E-state index in [9.17, 15) is 18.4 Å². The van der Waals surface area contributed by atoms with Crippen molar-refractivity contribution in [1.82, 2.24) is 79.9 Å². The van der Waals surface area contributed by atoms with Crippen LogP contribution < -0.4 is 41.0 Å². The van der Waals surface area contributed by atoms with Gasteiger partial charge in [0.25, 0.3) is 0 Å². The van der Waals surface area contributed by atoms with Gasteiger partial charge in [0.15, 0.2) is 11.3 Å². The van der Waals surface area contributed by atoms with Gasteiger partial charge in [-0.1, -0.05) is 28.1 Å². The Morgan fingerprint density at radius 1 is 0.656 bits per heavy atom. The summed E-state index contributed by atoms with van der Waals surface area (Å²) in [6, 6.07) is 23.2. The van der Waals surface area contributed by atoms with Gasteiger partial charge in [0.2, 0.25) is 11.1 Å². The van der Waals surface area contributed by atoms with Gasteiger partial charge in [0, 0.05) is 121 Å². The Bertz CT molecular complexity index is 4270. The Morgan fingerprint density at radius 2 is 1.12 bits per heavy atom. The topological polar surface area (TPSA) is 292 Å². The summed E-state index contributed by atoms with van der Waals surface area (Å²) in [7, 11) is 7.67. The van der Waals surface area contributed by atoms with Gasteiger partial charge in [-0.15, -0.1) is 0 Å². The molecule has 1 amide bonds. The van der Waals surface area contributed by atoms with Crippen LogP contribution in [0.3, 0.4) is 0 Å². The number of nitrogens with one attached hydrogen (secondary N) is 2. The van der Waals surface area contributed by atoms with Crippen LogP contribution in [-0.2, 0) is 22.8 Å². The molecule has 6 aromatic heterocycles.